The van der Waals surface area contributed by atoms with E-state index in [4.69, 9.17) is 18.6 Å². The lowest BCUT2D eigenvalue weighted by Gasteiger charge is -2.64. The molecular formula is C37H46N2O8S. The zero-order chi connectivity index (χ0) is 34.0. The van der Waals surface area contributed by atoms with Crippen LogP contribution in [0.5, 0.6) is 0 Å². The fourth-order valence-corrected chi connectivity index (χ4v) is 13.2. The fraction of sp³-hybridized carbons (Fsp3) is 0.676. The number of urea groups is 1. The van der Waals surface area contributed by atoms with Gasteiger partial charge in [-0.3, -0.25) is 14.4 Å². The second kappa shape index (κ2) is 10.5. The normalized spacial score (nSPS) is 44.6. The van der Waals surface area contributed by atoms with E-state index >= 15 is 4.79 Å². The standard InChI is InChI=1S/C37H46N2O8S/c1-33(2)24(40)11-13-34(3)29-22(46-26(41)10-8-7-9-23-27-21(18-48-23)38-32(43)39-27)16-35(4)20(19-12-14-45-17-19)15-25-37(35,47-25)36(29,5)31(42)28(44-6)30(33)34/h11-14,17,20-23,25,27,29H,7-10,15-16,18H2,1-6H3,(H2,38,39,43)/t20-,21-,22+,23-,25+,27-,29+,34+,35-,36-,37+/m0/s1. The van der Waals surface area contributed by atoms with E-state index in [1.54, 1.807) is 18.6 Å². The summed E-state index contributed by atoms with van der Waals surface area (Å²) in [5, 5.41) is 6.35. The van der Waals surface area contributed by atoms with Crippen molar-refractivity contribution < 1.29 is 37.8 Å². The molecule has 2 amide bonds. The van der Waals surface area contributed by atoms with Crippen LogP contribution < -0.4 is 10.6 Å². The van der Waals surface area contributed by atoms with E-state index in [-0.39, 0.29) is 59.9 Å². The molecule has 11 atom stereocenters. The maximum atomic E-state index is 15.1. The predicted molar refractivity (Wildman–Crippen MR) is 177 cm³/mol. The van der Waals surface area contributed by atoms with Crippen LogP contribution in [0.15, 0.2) is 46.5 Å². The van der Waals surface area contributed by atoms with Gasteiger partial charge in [0.25, 0.3) is 0 Å². The number of methoxy groups -OCH3 is 1. The Labute approximate surface area is 285 Å². The van der Waals surface area contributed by atoms with Gasteiger partial charge in [0.2, 0.25) is 5.78 Å². The maximum Gasteiger partial charge on any atom is 0.315 e. The molecule has 3 saturated heterocycles. The monoisotopic (exact) mass is 678 g/mol. The van der Waals surface area contributed by atoms with Crippen LogP contribution in [0.3, 0.4) is 0 Å². The summed E-state index contributed by atoms with van der Waals surface area (Å²) in [5.74, 6) is 0.142. The number of thioether (sulfide) groups is 1. The van der Waals surface area contributed by atoms with Crippen molar-refractivity contribution in [3.8, 4) is 0 Å². The Morgan fingerprint density at radius 3 is 2.62 bits per heavy atom. The molecule has 2 N–H and O–H groups in total. The highest BCUT2D eigenvalue weighted by atomic mass is 32.2. The van der Waals surface area contributed by atoms with E-state index in [9.17, 15) is 14.4 Å². The molecule has 48 heavy (non-hydrogen) atoms. The average Bonchev–Trinajstić information content (AvgIpc) is 3.40. The number of unbranched alkanes of at least 4 members (excludes halogenated alkanes) is 1. The molecule has 3 aliphatic heterocycles. The molecule has 2 saturated carbocycles. The van der Waals surface area contributed by atoms with E-state index in [1.807, 2.05) is 44.7 Å². The highest BCUT2D eigenvalue weighted by Crippen LogP contribution is 2.81. The van der Waals surface area contributed by atoms with Gasteiger partial charge in [0, 0.05) is 34.2 Å². The number of ketones is 2. The van der Waals surface area contributed by atoms with E-state index in [0.717, 1.165) is 30.6 Å². The van der Waals surface area contributed by atoms with Crippen molar-refractivity contribution >= 4 is 35.3 Å². The number of esters is 1. The number of furan rings is 1. The maximum absolute atomic E-state index is 15.1. The van der Waals surface area contributed by atoms with Gasteiger partial charge < -0.3 is 29.3 Å². The van der Waals surface area contributed by atoms with Gasteiger partial charge in [-0.05, 0) is 75.7 Å². The van der Waals surface area contributed by atoms with Crippen LogP contribution in [-0.4, -0.2) is 71.6 Å². The Bertz CT molecular complexity index is 1650. The number of carbonyl (C=O) groups excluding carboxylic acids is 4. The van der Waals surface area contributed by atoms with Crippen molar-refractivity contribution in [2.45, 2.75) is 114 Å². The van der Waals surface area contributed by atoms with Gasteiger partial charge in [0.15, 0.2) is 11.5 Å². The molecule has 4 aliphatic carbocycles. The minimum absolute atomic E-state index is 0.0455. The third-order valence-electron chi connectivity index (χ3n) is 13.6. The number of allylic oxidation sites excluding steroid dienone is 4. The topological polar surface area (TPSA) is 136 Å². The number of carbonyl (C=O) groups is 4. The van der Waals surface area contributed by atoms with E-state index < -0.39 is 39.3 Å². The van der Waals surface area contributed by atoms with Crippen LogP contribution in [0.4, 0.5) is 4.79 Å². The van der Waals surface area contributed by atoms with Crippen LogP contribution in [0.25, 0.3) is 0 Å². The van der Waals surface area contributed by atoms with Gasteiger partial charge in [0.1, 0.15) is 11.7 Å². The minimum Gasteiger partial charge on any atom is -0.493 e. The first-order chi connectivity index (χ1) is 22.7. The van der Waals surface area contributed by atoms with Gasteiger partial charge in [-0.1, -0.05) is 26.3 Å². The summed E-state index contributed by atoms with van der Waals surface area (Å²) in [4.78, 5) is 54.1. The molecule has 1 spiro atoms. The second-order valence-electron chi connectivity index (χ2n) is 16.2. The second-order valence-corrected chi connectivity index (χ2v) is 17.5. The molecule has 0 bridgehead atoms. The number of amides is 2. The third-order valence-corrected chi connectivity index (χ3v) is 15.1. The van der Waals surface area contributed by atoms with Crippen molar-refractivity contribution in [1.82, 2.24) is 10.6 Å². The Hall–Kier alpha value is -3.05. The largest absolute Gasteiger partial charge is 0.493 e. The van der Waals surface area contributed by atoms with Crippen molar-refractivity contribution in [2.75, 3.05) is 12.9 Å². The summed E-state index contributed by atoms with van der Waals surface area (Å²) in [6.07, 6.45) is 10.2. The van der Waals surface area contributed by atoms with Crippen LogP contribution >= 0.6 is 11.8 Å². The molecule has 258 valence electrons. The van der Waals surface area contributed by atoms with Crippen molar-refractivity contribution in [3.05, 3.63) is 47.6 Å². The number of rotatable bonds is 8. The lowest BCUT2D eigenvalue weighted by atomic mass is 9.38. The number of Topliss-reactive ketones (excluding diaryl/α,β-unsaturated/α-hetero) is 1. The van der Waals surface area contributed by atoms with Crippen LogP contribution in [0.1, 0.15) is 84.6 Å². The smallest absolute Gasteiger partial charge is 0.315 e. The first-order valence-corrected chi connectivity index (χ1v) is 18.4. The Morgan fingerprint density at radius 2 is 1.90 bits per heavy atom. The molecule has 8 rings (SSSR count). The number of nitrogens with one attached hydrogen (secondary N) is 2. The minimum atomic E-state index is -1.10. The molecule has 7 aliphatic rings. The summed E-state index contributed by atoms with van der Waals surface area (Å²) < 4.78 is 24.8. The molecule has 0 unspecified atom stereocenters. The fourth-order valence-electron chi connectivity index (χ4n) is 11.7. The van der Waals surface area contributed by atoms with Crippen molar-refractivity contribution in [1.29, 1.82) is 0 Å². The molecule has 0 aromatic carbocycles. The summed E-state index contributed by atoms with van der Waals surface area (Å²) in [7, 11) is 1.51. The average molecular weight is 679 g/mol. The van der Waals surface area contributed by atoms with E-state index in [1.165, 1.54) is 7.11 Å². The highest BCUT2D eigenvalue weighted by Gasteiger charge is 2.89. The quantitative estimate of drug-likeness (QED) is 0.164. The van der Waals surface area contributed by atoms with Crippen molar-refractivity contribution in [3.63, 3.8) is 0 Å². The lowest BCUT2D eigenvalue weighted by molar-refractivity contribution is -0.202. The summed E-state index contributed by atoms with van der Waals surface area (Å²) in [6.45, 7) is 9.97. The van der Waals surface area contributed by atoms with E-state index in [2.05, 4.69) is 24.5 Å². The Balaban J connectivity index is 1.12. The van der Waals surface area contributed by atoms with Gasteiger partial charge >= 0.3 is 12.0 Å². The molecule has 5 fully saturated rings. The predicted octanol–water partition coefficient (Wildman–Crippen LogP) is 5.23. The van der Waals surface area contributed by atoms with Gasteiger partial charge in [0.05, 0.1) is 48.7 Å². The molecule has 10 nitrogen and oxygen atoms in total. The van der Waals surface area contributed by atoms with Gasteiger partial charge in [-0.15, -0.1) is 0 Å². The number of hydrogen-bond donors (Lipinski definition) is 2. The van der Waals surface area contributed by atoms with Gasteiger partial charge in [-0.25, -0.2) is 4.79 Å². The third kappa shape index (κ3) is 3.97. The summed E-state index contributed by atoms with van der Waals surface area (Å²) >= 11 is 1.87. The number of epoxide rings is 1. The highest BCUT2D eigenvalue weighted by molar-refractivity contribution is 8.00. The molecule has 11 heteroatoms. The Morgan fingerprint density at radius 1 is 1.10 bits per heavy atom. The SMILES string of the molecule is COC1=C2C(C)(C)C(=O)C=C[C@]2(C)[C@H]2[C@H](OC(=O)CCCC[C@@H]3SC[C@@H]4NC(=O)N[C@@H]43)C[C@@]3(C)[C@H](c4ccoc4)C[C@H]4O[C@]43[C@]2(C)C1=O. The van der Waals surface area contributed by atoms with Crippen LogP contribution in [0, 0.1) is 27.6 Å². The molecule has 1 aromatic rings. The summed E-state index contributed by atoms with van der Waals surface area (Å²) in [6, 6.07) is 2.20. The molecule has 4 heterocycles. The van der Waals surface area contributed by atoms with Crippen LogP contribution in [0.2, 0.25) is 0 Å². The van der Waals surface area contributed by atoms with Gasteiger partial charge in [-0.2, -0.15) is 11.8 Å². The number of ether oxygens (including phenoxy) is 3. The van der Waals surface area contributed by atoms with Crippen LogP contribution in [-0.2, 0) is 28.6 Å². The number of fused-ring (bicyclic) bond motifs is 4. The first-order valence-electron chi connectivity index (χ1n) is 17.4. The van der Waals surface area contributed by atoms with E-state index in [0.29, 0.717) is 23.7 Å². The lowest BCUT2D eigenvalue weighted by Crippen LogP contribution is -2.70. The van der Waals surface area contributed by atoms with Crippen molar-refractivity contribution in [2.24, 2.45) is 27.6 Å². The Kier molecular flexibility index (Phi) is 7.03. The molecule has 1 aromatic heterocycles. The first kappa shape index (κ1) is 32.2. The zero-order valence-electron chi connectivity index (χ0n) is 28.6. The summed E-state index contributed by atoms with van der Waals surface area (Å²) in [5.41, 5.74) is -2.53. The number of hydrogen-bond acceptors (Lipinski definition) is 9. The molecular weight excluding hydrogens is 632 g/mol. The molecule has 0 radical (unpaired) electrons. The zero-order valence-corrected chi connectivity index (χ0v) is 29.4.